The molecule has 1 rings (SSSR count). The highest BCUT2D eigenvalue weighted by Crippen LogP contribution is 2.13. The first-order valence-electron chi connectivity index (χ1n) is 7.81. The molecule has 0 aliphatic heterocycles. The lowest BCUT2D eigenvalue weighted by Crippen LogP contribution is -2.11. The molecule has 0 saturated carbocycles. The fourth-order valence-corrected chi connectivity index (χ4v) is 2.01. The van der Waals surface area contributed by atoms with E-state index in [0.717, 1.165) is 19.3 Å². The van der Waals surface area contributed by atoms with Gasteiger partial charge in [-0.25, -0.2) is 9.59 Å². The first-order chi connectivity index (χ1) is 10.6. The Bertz CT molecular complexity index is 453. The monoisotopic (exact) mass is 308 g/mol. The number of hydrogen-bond donors (Lipinski definition) is 1. The maximum absolute atomic E-state index is 11.4. The molecule has 0 heterocycles. The molecule has 0 atom stereocenters. The molecule has 22 heavy (non-hydrogen) atoms. The van der Waals surface area contributed by atoms with Gasteiger partial charge in [-0.1, -0.05) is 45.4 Å². The molecule has 5 nitrogen and oxygen atoms in total. The summed E-state index contributed by atoms with van der Waals surface area (Å²) < 4.78 is 9.93. The number of carbonyl (C=O) groups is 2. The van der Waals surface area contributed by atoms with Crippen LogP contribution in [0.1, 0.15) is 62.2 Å². The van der Waals surface area contributed by atoms with Crippen LogP contribution < -0.4 is 4.74 Å². The smallest absolute Gasteiger partial charge is 0.478 e. The third-order valence-corrected chi connectivity index (χ3v) is 3.27. The largest absolute Gasteiger partial charge is 0.513 e. The molecule has 0 saturated heterocycles. The van der Waals surface area contributed by atoms with Crippen molar-refractivity contribution < 1.29 is 24.2 Å². The zero-order valence-corrected chi connectivity index (χ0v) is 13.0. The molecule has 122 valence electrons. The molecule has 0 aromatic heterocycles. The molecule has 1 aromatic carbocycles. The highest BCUT2D eigenvalue weighted by molar-refractivity contribution is 5.87. The molecule has 1 aromatic rings. The van der Waals surface area contributed by atoms with Crippen molar-refractivity contribution in [3.8, 4) is 5.75 Å². The Labute approximate surface area is 131 Å². The second-order valence-electron chi connectivity index (χ2n) is 5.15. The van der Waals surface area contributed by atoms with Crippen molar-refractivity contribution in [2.45, 2.75) is 51.9 Å². The van der Waals surface area contributed by atoms with E-state index in [1.807, 2.05) is 0 Å². The number of carbonyl (C=O) groups excluding carboxylic acids is 1. The summed E-state index contributed by atoms with van der Waals surface area (Å²) in [5.41, 5.74) is 0.142. The van der Waals surface area contributed by atoms with Gasteiger partial charge >= 0.3 is 12.1 Å². The van der Waals surface area contributed by atoms with E-state index in [2.05, 4.69) is 6.92 Å². The van der Waals surface area contributed by atoms with Crippen LogP contribution in [0.25, 0.3) is 0 Å². The van der Waals surface area contributed by atoms with Gasteiger partial charge in [0.15, 0.2) is 0 Å². The molecule has 0 fully saturated rings. The average molecular weight is 308 g/mol. The minimum atomic E-state index is -1.02. The zero-order chi connectivity index (χ0) is 16.2. The standard InChI is InChI=1S/C17H24O5/c1-2-3-4-5-6-7-8-13-21-17(20)22-15-11-9-14(10-12-15)16(18)19/h9-12H,2-8,13H2,1H3,(H,18,19). The Hall–Kier alpha value is -2.04. The SMILES string of the molecule is CCCCCCCCCOC(=O)Oc1ccc(C(=O)O)cc1. The number of benzene rings is 1. The van der Waals surface area contributed by atoms with Gasteiger partial charge in [-0.3, -0.25) is 0 Å². The van der Waals surface area contributed by atoms with Crippen molar-refractivity contribution in [2.75, 3.05) is 6.61 Å². The lowest BCUT2D eigenvalue weighted by Gasteiger charge is -2.06. The molecule has 0 amide bonds. The van der Waals surface area contributed by atoms with E-state index in [1.54, 1.807) is 0 Å². The number of ether oxygens (including phenoxy) is 2. The molecule has 0 spiro atoms. The third-order valence-electron chi connectivity index (χ3n) is 3.27. The summed E-state index contributed by atoms with van der Waals surface area (Å²) in [6.07, 6.45) is 7.30. The molecule has 5 heteroatoms. The number of carboxylic acids is 1. The topological polar surface area (TPSA) is 72.8 Å². The minimum Gasteiger partial charge on any atom is -0.478 e. The molecule has 0 radical (unpaired) electrons. The number of unbranched alkanes of at least 4 members (excludes halogenated alkanes) is 6. The predicted octanol–water partition coefficient (Wildman–Crippen LogP) is 4.65. The average Bonchev–Trinajstić information content (AvgIpc) is 2.50. The summed E-state index contributed by atoms with van der Waals surface area (Å²) in [7, 11) is 0. The molecule has 0 unspecified atom stereocenters. The number of hydrogen-bond acceptors (Lipinski definition) is 4. The van der Waals surface area contributed by atoms with Gasteiger partial charge in [0.05, 0.1) is 12.2 Å². The van der Waals surface area contributed by atoms with Crippen molar-refractivity contribution in [1.29, 1.82) is 0 Å². The second kappa shape index (κ2) is 10.7. The van der Waals surface area contributed by atoms with Crippen molar-refractivity contribution in [2.24, 2.45) is 0 Å². The van der Waals surface area contributed by atoms with E-state index < -0.39 is 12.1 Å². The van der Waals surface area contributed by atoms with E-state index in [4.69, 9.17) is 14.6 Å². The summed E-state index contributed by atoms with van der Waals surface area (Å²) in [6.45, 7) is 2.54. The molecule has 1 N–H and O–H groups in total. The van der Waals surface area contributed by atoms with Gasteiger partial charge in [0.2, 0.25) is 0 Å². The third kappa shape index (κ3) is 7.67. The van der Waals surface area contributed by atoms with Crippen molar-refractivity contribution >= 4 is 12.1 Å². The van der Waals surface area contributed by atoms with Crippen LogP contribution in [-0.4, -0.2) is 23.8 Å². The van der Waals surface area contributed by atoms with Gasteiger partial charge in [-0.2, -0.15) is 0 Å². The Morgan fingerprint density at radius 2 is 1.55 bits per heavy atom. The predicted molar refractivity (Wildman–Crippen MR) is 83.4 cm³/mol. The number of rotatable bonds is 10. The van der Waals surface area contributed by atoms with Crippen LogP contribution in [0.2, 0.25) is 0 Å². The Kier molecular flexibility index (Phi) is 8.72. The Morgan fingerprint density at radius 3 is 2.14 bits per heavy atom. The summed E-state index contributed by atoms with van der Waals surface area (Å²) in [6, 6.07) is 5.61. The van der Waals surface area contributed by atoms with E-state index >= 15 is 0 Å². The van der Waals surface area contributed by atoms with Crippen LogP contribution in [0.4, 0.5) is 4.79 Å². The highest BCUT2D eigenvalue weighted by Gasteiger charge is 2.07. The zero-order valence-electron chi connectivity index (χ0n) is 13.0. The molecular weight excluding hydrogens is 284 g/mol. The van der Waals surface area contributed by atoms with Gasteiger partial charge in [0, 0.05) is 0 Å². The highest BCUT2D eigenvalue weighted by atomic mass is 16.7. The summed E-state index contributed by atoms with van der Waals surface area (Å²) in [4.78, 5) is 22.1. The van der Waals surface area contributed by atoms with Gasteiger partial charge in [0.1, 0.15) is 5.75 Å². The van der Waals surface area contributed by atoms with E-state index in [-0.39, 0.29) is 11.3 Å². The van der Waals surface area contributed by atoms with Crippen molar-refractivity contribution in [1.82, 2.24) is 0 Å². The number of carboxylic acid groups (broad SMARTS) is 1. The van der Waals surface area contributed by atoms with E-state index in [9.17, 15) is 9.59 Å². The number of aromatic carboxylic acids is 1. The first-order valence-corrected chi connectivity index (χ1v) is 7.81. The molecular formula is C17H24O5. The normalized spacial score (nSPS) is 10.2. The maximum atomic E-state index is 11.4. The minimum absolute atomic E-state index is 0.142. The van der Waals surface area contributed by atoms with Crippen molar-refractivity contribution in [3.05, 3.63) is 29.8 Å². The lowest BCUT2D eigenvalue weighted by atomic mass is 10.1. The second-order valence-corrected chi connectivity index (χ2v) is 5.15. The van der Waals surface area contributed by atoms with E-state index in [1.165, 1.54) is 49.9 Å². The van der Waals surface area contributed by atoms with Crippen LogP contribution >= 0.6 is 0 Å². The first kappa shape index (κ1) is 18.0. The Balaban J connectivity index is 2.12. The van der Waals surface area contributed by atoms with Crippen LogP contribution in [0.15, 0.2) is 24.3 Å². The Morgan fingerprint density at radius 1 is 0.955 bits per heavy atom. The van der Waals surface area contributed by atoms with Crippen LogP contribution in [-0.2, 0) is 4.74 Å². The van der Waals surface area contributed by atoms with Gasteiger partial charge < -0.3 is 14.6 Å². The van der Waals surface area contributed by atoms with Crippen LogP contribution in [0, 0.1) is 0 Å². The fourth-order valence-electron chi connectivity index (χ4n) is 2.01. The lowest BCUT2D eigenvalue weighted by molar-refractivity contribution is 0.0697. The maximum Gasteiger partial charge on any atom is 0.513 e. The van der Waals surface area contributed by atoms with Gasteiger partial charge in [-0.15, -0.1) is 0 Å². The summed E-state index contributed by atoms with van der Waals surface area (Å²) >= 11 is 0. The van der Waals surface area contributed by atoms with Gasteiger partial charge in [-0.05, 0) is 30.7 Å². The van der Waals surface area contributed by atoms with Gasteiger partial charge in [0.25, 0.3) is 0 Å². The van der Waals surface area contributed by atoms with Crippen molar-refractivity contribution in [3.63, 3.8) is 0 Å². The molecule has 0 aliphatic rings. The quantitative estimate of drug-likeness (QED) is 0.387. The fraction of sp³-hybridized carbons (Fsp3) is 0.529. The summed E-state index contributed by atoms with van der Waals surface area (Å²) in [5, 5.41) is 8.76. The summed E-state index contributed by atoms with van der Waals surface area (Å²) in [5.74, 6) is -0.748. The van der Waals surface area contributed by atoms with Crippen LogP contribution in [0.5, 0.6) is 5.75 Å². The molecule has 0 bridgehead atoms. The molecule has 0 aliphatic carbocycles. The van der Waals surface area contributed by atoms with E-state index in [0.29, 0.717) is 6.61 Å². The van der Waals surface area contributed by atoms with Crippen LogP contribution in [0.3, 0.4) is 0 Å².